The molecule has 0 bridgehead atoms. The maximum atomic E-state index is 12.6. The zero-order chi connectivity index (χ0) is 14.4. The monoisotopic (exact) mass is 277 g/mol. The van der Waals surface area contributed by atoms with E-state index in [4.69, 9.17) is 10.5 Å². The van der Waals surface area contributed by atoms with Gasteiger partial charge in [-0.25, -0.2) is 4.98 Å². The fourth-order valence-electron chi connectivity index (χ4n) is 2.73. The van der Waals surface area contributed by atoms with Gasteiger partial charge in [0.1, 0.15) is 5.82 Å². The van der Waals surface area contributed by atoms with E-state index in [0.29, 0.717) is 17.4 Å². The lowest BCUT2D eigenvalue weighted by molar-refractivity contribution is 0.0584. The molecule has 110 valence electrons. The van der Waals surface area contributed by atoms with Crippen LogP contribution in [0.4, 0.5) is 5.82 Å². The molecule has 0 saturated carbocycles. The molecule has 1 fully saturated rings. The molecule has 0 aliphatic carbocycles. The molecule has 2 heterocycles. The molecule has 20 heavy (non-hydrogen) atoms. The van der Waals surface area contributed by atoms with Crippen molar-refractivity contribution < 1.29 is 9.53 Å². The lowest BCUT2D eigenvalue weighted by Gasteiger charge is -2.36. The highest BCUT2D eigenvalue weighted by Gasteiger charge is 2.27. The third-order valence-corrected chi connectivity index (χ3v) is 3.81. The zero-order valence-electron chi connectivity index (χ0n) is 12.0. The highest BCUT2D eigenvalue weighted by Crippen LogP contribution is 2.23. The van der Waals surface area contributed by atoms with Gasteiger partial charge in [0.05, 0.1) is 5.56 Å². The van der Waals surface area contributed by atoms with Crippen LogP contribution in [0, 0.1) is 0 Å². The SMILES string of the molecule is COCCC[C@H]1CCCCN1C(=O)c1ccc(N)nc1. The molecule has 5 nitrogen and oxygen atoms in total. The number of hydrogen-bond acceptors (Lipinski definition) is 4. The van der Waals surface area contributed by atoms with Crippen molar-refractivity contribution in [1.82, 2.24) is 9.88 Å². The van der Waals surface area contributed by atoms with Crippen LogP contribution in [0.3, 0.4) is 0 Å². The fourth-order valence-corrected chi connectivity index (χ4v) is 2.73. The van der Waals surface area contributed by atoms with Crippen molar-refractivity contribution in [1.29, 1.82) is 0 Å². The Balaban J connectivity index is 2.02. The largest absolute Gasteiger partial charge is 0.385 e. The molecule has 5 heteroatoms. The van der Waals surface area contributed by atoms with E-state index in [-0.39, 0.29) is 5.91 Å². The number of carbonyl (C=O) groups excluding carboxylic acids is 1. The van der Waals surface area contributed by atoms with Gasteiger partial charge in [-0.1, -0.05) is 0 Å². The Morgan fingerprint density at radius 1 is 1.50 bits per heavy atom. The predicted molar refractivity (Wildman–Crippen MR) is 78.4 cm³/mol. The highest BCUT2D eigenvalue weighted by molar-refractivity contribution is 5.94. The molecule has 1 saturated heterocycles. The number of anilines is 1. The van der Waals surface area contributed by atoms with E-state index in [1.165, 1.54) is 6.42 Å². The van der Waals surface area contributed by atoms with Crippen LogP contribution in [0.25, 0.3) is 0 Å². The van der Waals surface area contributed by atoms with E-state index >= 15 is 0 Å². The van der Waals surface area contributed by atoms with Gasteiger partial charge in [0.25, 0.3) is 5.91 Å². The number of nitrogens with two attached hydrogens (primary N) is 1. The van der Waals surface area contributed by atoms with Crippen LogP contribution < -0.4 is 5.73 Å². The Kier molecular flexibility index (Phi) is 5.35. The first-order valence-corrected chi connectivity index (χ1v) is 7.24. The number of nitrogens with zero attached hydrogens (tertiary/aromatic N) is 2. The van der Waals surface area contributed by atoms with Crippen molar-refractivity contribution in [2.75, 3.05) is 26.0 Å². The Labute approximate surface area is 120 Å². The van der Waals surface area contributed by atoms with Crippen molar-refractivity contribution in [3.8, 4) is 0 Å². The second-order valence-electron chi connectivity index (χ2n) is 5.25. The third-order valence-electron chi connectivity index (χ3n) is 3.81. The summed E-state index contributed by atoms with van der Waals surface area (Å²) in [7, 11) is 1.71. The molecule has 1 aromatic heterocycles. The summed E-state index contributed by atoms with van der Waals surface area (Å²) in [4.78, 5) is 18.6. The van der Waals surface area contributed by atoms with Gasteiger partial charge in [0, 0.05) is 32.5 Å². The van der Waals surface area contributed by atoms with Crippen LogP contribution >= 0.6 is 0 Å². The lowest BCUT2D eigenvalue weighted by atomic mass is 9.97. The van der Waals surface area contributed by atoms with Crippen molar-refractivity contribution in [2.24, 2.45) is 0 Å². The number of aromatic nitrogens is 1. The second kappa shape index (κ2) is 7.24. The molecule has 0 aromatic carbocycles. The number of piperidine rings is 1. The Hall–Kier alpha value is -1.62. The minimum atomic E-state index is 0.0691. The second-order valence-corrected chi connectivity index (χ2v) is 5.25. The number of carbonyl (C=O) groups is 1. The number of rotatable bonds is 5. The summed E-state index contributed by atoms with van der Waals surface area (Å²) in [5, 5.41) is 0. The summed E-state index contributed by atoms with van der Waals surface area (Å²) < 4.78 is 5.10. The summed E-state index contributed by atoms with van der Waals surface area (Å²) in [6.07, 6.45) is 6.92. The molecule has 1 aromatic rings. The molecule has 0 radical (unpaired) electrons. The first kappa shape index (κ1) is 14.8. The Morgan fingerprint density at radius 3 is 3.05 bits per heavy atom. The third kappa shape index (κ3) is 3.70. The molecule has 1 amide bonds. The van der Waals surface area contributed by atoms with Crippen LogP contribution in [0.1, 0.15) is 42.5 Å². The average Bonchev–Trinajstić information content (AvgIpc) is 2.48. The molecular weight excluding hydrogens is 254 g/mol. The predicted octanol–water partition coefficient (Wildman–Crippen LogP) is 2.09. The summed E-state index contributed by atoms with van der Waals surface area (Å²) >= 11 is 0. The van der Waals surface area contributed by atoms with Crippen molar-refractivity contribution in [2.45, 2.75) is 38.1 Å². The van der Waals surface area contributed by atoms with Gasteiger partial charge in [0.15, 0.2) is 0 Å². The van der Waals surface area contributed by atoms with E-state index in [1.54, 1.807) is 25.4 Å². The van der Waals surface area contributed by atoms with Crippen LogP contribution in [0.5, 0.6) is 0 Å². The van der Waals surface area contributed by atoms with Crippen LogP contribution in [-0.4, -0.2) is 42.1 Å². The quantitative estimate of drug-likeness (QED) is 0.837. The number of amides is 1. The zero-order valence-corrected chi connectivity index (χ0v) is 12.0. The number of pyridine rings is 1. The molecule has 1 aliphatic heterocycles. The smallest absolute Gasteiger partial charge is 0.255 e. The van der Waals surface area contributed by atoms with E-state index in [1.807, 2.05) is 4.90 Å². The number of hydrogen-bond donors (Lipinski definition) is 1. The molecule has 0 spiro atoms. The molecule has 1 atom stereocenters. The molecule has 2 N–H and O–H groups in total. The number of methoxy groups -OCH3 is 1. The standard InChI is InChI=1S/C15H23N3O2/c1-20-10-4-6-13-5-2-3-9-18(13)15(19)12-7-8-14(16)17-11-12/h7-8,11,13H,2-6,9-10H2,1H3,(H2,16,17)/t13-/m1/s1. The van der Waals surface area contributed by atoms with Crippen LogP contribution in [0.2, 0.25) is 0 Å². The summed E-state index contributed by atoms with van der Waals surface area (Å²) in [5.74, 6) is 0.511. The summed E-state index contributed by atoms with van der Waals surface area (Å²) in [5.41, 5.74) is 6.19. The van der Waals surface area contributed by atoms with Crippen LogP contribution in [0.15, 0.2) is 18.3 Å². The first-order valence-electron chi connectivity index (χ1n) is 7.24. The first-order chi connectivity index (χ1) is 9.72. The topological polar surface area (TPSA) is 68.5 Å². The molecular formula is C15H23N3O2. The van der Waals surface area contributed by atoms with Crippen LogP contribution in [-0.2, 0) is 4.74 Å². The van der Waals surface area contributed by atoms with Gasteiger partial charge in [0.2, 0.25) is 0 Å². The minimum absolute atomic E-state index is 0.0691. The number of nitrogen functional groups attached to an aromatic ring is 1. The van der Waals surface area contributed by atoms with Crippen molar-refractivity contribution in [3.05, 3.63) is 23.9 Å². The van der Waals surface area contributed by atoms with E-state index in [2.05, 4.69) is 4.98 Å². The van der Waals surface area contributed by atoms with E-state index in [9.17, 15) is 4.79 Å². The molecule has 1 aliphatic rings. The average molecular weight is 277 g/mol. The summed E-state index contributed by atoms with van der Waals surface area (Å²) in [6, 6.07) is 3.76. The summed E-state index contributed by atoms with van der Waals surface area (Å²) in [6.45, 7) is 1.59. The van der Waals surface area contributed by atoms with Gasteiger partial charge in [-0.3, -0.25) is 4.79 Å². The van der Waals surface area contributed by atoms with Gasteiger partial charge in [-0.15, -0.1) is 0 Å². The minimum Gasteiger partial charge on any atom is -0.385 e. The Bertz CT molecular complexity index is 433. The fraction of sp³-hybridized carbons (Fsp3) is 0.600. The Morgan fingerprint density at radius 2 is 2.35 bits per heavy atom. The normalized spacial score (nSPS) is 19.1. The van der Waals surface area contributed by atoms with E-state index in [0.717, 1.165) is 38.8 Å². The number of ether oxygens (including phenoxy) is 1. The molecule has 2 rings (SSSR count). The van der Waals surface area contributed by atoms with Crippen molar-refractivity contribution >= 4 is 11.7 Å². The van der Waals surface area contributed by atoms with Gasteiger partial charge in [-0.05, 0) is 44.2 Å². The van der Waals surface area contributed by atoms with E-state index < -0.39 is 0 Å². The maximum Gasteiger partial charge on any atom is 0.255 e. The molecule has 0 unspecified atom stereocenters. The number of likely N-dealkylation sites (tertiary alicyclic amines) is 1. The van der Waals surface area contributed by atoms with Crippen molar-refractivity contribution in [3.63, 3.8) is 0 Å². The maximum absolute atomic E-state index is 12.6. The van der Waals surface area contributed by atoms with Gasteiger partial charge in [-0.2, -0.15) is 0 Å². The highest BCUT2D eigenvalue weighted by atomic mass is 16.5. The lowest BCUT2D eigenvalue weighted by Crippen LogP contribution is -2.43. The van der Waals surface area contributed by atoms with Gasteiger partial charge < -0.3 is 15.4 Å². The van der Waals surface area contributed by atoms with Gasteiger partial charge >= 0.3 is 0 Å².